The van der Waals surface area contributed by atoms with Gasteiger partial charge in [-0.2, -0.15) is 13.2 Å². The number of carboxylic acid groups (broad SMARTS) is 1. The molecule has 18 heavy (non-hydrogen) atoms. The summed E-state index contributed by atoms with van der Waals surface area (Å²) in [5, 5.41) is 8.52. The van der Waals surface area contributed by atoms with Crippen LogP contribution in [0.1, 0.15) is 23.2 Å². The summed E-state index contributed by atoms with van der Waals surface area (Å²) in [6.07, 6.45) is -8.69. The Hall–Kier alpha value is -1.25. The smallest absolute Gasteiger partial charge is 0.418 e. The first-order valence-corrected chi connectivity index (χ1v) is 5.18. The Morgan fingerprint density at radius 1 is 1.44 bits per heavy atom. The lowest BCUT2D eigenvalue weighted by Crippen LogP contribution is -2.13. The Bertz CT molecular complexity index is 475. The molecule has 0 aliphatic carbocycles. The van der Waals surface area contributed by atoms with E-state index in [1.165, 1.54) is 0 Å². The van der Waals surface area contributed by atoms with Crippen LogP contribution >= 0.6 is 15.9 Å². The monoisotopic (exact) mass is 333 g/mol. The number of nitrogens with zero attached hydrogens (tertiary/aromatic N) is 1. The largest absolute Gasteiger partial charge is 0.481 e. The average Bonchev–Trinajstić information content (AvgIpc) is 2.17. The minimum absolute atomic E-state index is 0.247. The number of hydrogen-bond donors (Lipinski definition) is 1. The van der Waals surface area contributed by atoms with Crippen molar-refractivity contribution in [3.05, 3.63) is 27.5 Å². The molecule has 0 aromatic carbocycles. The van der Waals surface area contributed by atoms with Crippen LogP contribution in [0.2, 0.25) is 0 Å². The number of aromatic nitrogens is 1. The van der Waals surface area contributed by atoms with Gasteiger partial charge in [0.25, 0.3) is 6.43 Å². The maximum atomic E-state index is 12.5. The van der Waals surface area contributed by atoms with Crippen molar-refractivity contribution < 1.29 is 31.9 Å². The molecular formula is C9H5BrF5NO2. The number of alkyl halides is 5. The Balaban J connectivity index is 3.44. The van der Waals surface area contributed by atoms with Crippen molar-refractivity contribution in [3.63, 3.8) is 0 Å². The summed E-state index contributed by atoms with van der Waals surface area (Å²) >= 11 is 2.51. The van der Waals surface area contributed by atoms with E-state index in [0.29, 0.717) is 0 Å². The third-order valence-corrected chi connectivity index (χ3v) is 2.89. The Morgan fingerprint density at radius 2 is 2.00 bits per heavy atom. The minimum Gasteiger partial charge on any atom is -0.481 e. The molecule has 0 atom stereocenters. The number of aliphatic carboxylic acids is 1. The molecule has 1 aromatic heterocycles. The summed E-state index contributed by atoms with van der Waals surface area (Å²) < 4.78 is 61.8. The predicted molar refractivity (Wildman–Crippen MR) is 53.2 cm³/mol. The van der Waals surface area contributed by atoms with E-state index in [2.05, 4.69) is 20.9 Å². The van der Waals surface area contributed by atoms with Crippen molar-refractivity contribution >= 4 is 21.9 Å². The van der Waals surface area contributed by atoms with Gasteiger partial charge in [0.2, 0.25) is 0 Å². The van der Waals surface area contributed by atoms with E-state index in [1.54, 1.807) is 0 Å². The van der Waals surface area contributed by atoms with Crippen molar-refractivity contribution in [3.8, 4) is 0 Å². The molecule has 3 nitrogen and oxygen atoms in total. The second kappa shape index (κ2) is 5.17. The SMILES string of the molecule is O=C(O)Cc1c(C(F)F)ncc(C(F)(F)F)c1Br. The highest BCUT2D eigenvalue weighted by Crippen LogP contribution is 2.38. The highest BCUT2D eigenvalue weighted by Gasteiger charge is 2.36. The van der Waals surface area contributed by atoms with E-state index in [9.17, 15) is 26.7 Å². The zero-order valence-electron chi connectivity index (χ0n) is 8.43. The molecule has 0 bridgehead atoms. The standard InChI is InChI=1S/C9H5BrF5NO2/c10-6-3(1-5(17)18)7(8(11)12)16-2-4(6)9(13,14)15/h2,8H,1H2,(H,17,18). The van der Waals surface area contributed by atoms with Crippen molar-refractivity contribution in [2.24, 2.45) is 0 Å². The van der Waals surface area contributed by atoms with Gasteiger partial charge < -0.3 is 5.11 Å². The van der Waals surface area contributed by atoms with Gasteiger partial charge in [0, 0.05) is 16.2 Å². The van der Waals surface area contributed by atoms with Crippen LogP contribution in [0.3, 0.4) is 0 Å². The summed E-state index contributed by atoms with van der Waals surface area (Å²) in [6.45, 7) is 0. The van der Waals surface area contributed by atoms with Gasteiger partial charge in [-0.25, -0.2) is 8.78 Å². The molecule has 0 spiro atoms. The lowest BCUT2D eigenvalue weighted by Gasteiger charge is -2.14. The predicted octanol–water partition coefficient (Wildman–Crippen LogP) is 3.43. The van der Waals surface area contributed by atoms with E-state index in [4.69, 9.17) is 5.11 Å². The van der Waals surface area contributed by atoms with Crippen LogP contribution in [0.5, 0.6) is 0 Å². The van der Waals surface area contributed by atoms with Crippen LogP contribution in [0, 0.1) is 0 Å². The second-order valence-electron chi connectivity index (χ2n) is 3.22. The van der Waals surface area contributed by atoms with Crippen LogP contribution < -0.4 is 0 Å². The number of carbonyl (C=O) groups is 1. The number of halogens is 6. The molecule has 0 unspecified atom stereocenters. The van der Waals surface area contributed by atoms with Crippen LogP contribution in [0.25, 0.3) is 0 Å². The van der Waals surface area contributed by atoms with Gasteiger partial charge in [-0.05, 0) is 15.9 Å². The van der Waals surface area contributed by atoms with E-state index in [1.807, 2.05) is 0 Å². The Morgan fingerprint density at radius 3 is 2.39 bits per heavy atom. The van der Waals surface area contributed by atoms with Crippen molar-refractivity contribution in [1.82, 2.24) is 4.98 Å². The molecule has 0 saturated heterocycles. The Kier molecular flexibility index (Phi) is 4.25. The summed E-state index contributed by atoms with van der Waals surface area (Å²) in [6, 6.07) is 0. The quantitative estimate of drug-likeness (QED) is 0.862. The molecule has 1 heterocycles. The summed E-state index contributed by atoms with van der Waals surface area (Å²) in [4.78, 5) is 13.5. The molecular weight excluding hydrogens is 329 g/mol. The van der Waals surface area contributed by atoms with Gasteiger partial charge in [0.1, 0.15) is 5.69 Å². The molecule has 0 saturated carbocycles. The maximum absolute atomic E-state index is 12.5. The van der Waals surface area contributed by atoms with E-state index in [-0.39, 0.29) is 6.20 Å². The zero-order valence-corrected chi connectivity index (χ0v) is 10.0. The number of pyridine rings is 1. The molecule has 100 valence electrons. The lowest BCUT2D eigenvalue weighted by molar-refractivity contribution is -0.139. The van der Waals surface area contributed by atoms with Crippen molar-refractivity contribution in [2.75, 3.05) is 0 Å². The number of carboxylic acids is 1. The highest BCUT2D eigenvalue weighted by molar-refractivity contribution is 9.10. The molecule has 0 fully saturated rings. The van der Waals surface area contributed by atoms with Crippen LogP contribution in [-0.2, 0) is 17.4 Å². The van der Waals surface area contributed by atoms with Crippen LogP contribution in [-0.4, -0.2) is 16.1 Å². The fraction of sp³-hybridized carbons (Fsp3) is 0.333. The lowest BCUT2D eigenvalue weighted by atomic mass is 10.1. The fourth-order valence-corrected chi connectivity index (χ4v) is 1.92. The van der Waals surface area contributed by atoms with Gasteiger partial charge in [-0.1, -0.05) is 0 Å². The number of hydrogen-bond acceptors (Lipinski definition) is 2. The first-order chi connectivity index (χ1) is 8.14. The van der Waals surface area contributed by atoms with Crippen molar-refractivity contribution in [2.45, 2.75) is 19.0 Å². The average molecular weight is 334 g/mol. The van der Waals surface area contributed by atoms with Gasteiger partial charge in [-0.15, -0.1) is 0 Å². The van der Waals surface area contributed by atoms with Crippen LogP contribution in [0.15, 0.2) is 10.7 Å². The summed E-state index contributed by atoms with van der Waals surface area (Å²) in [7, 11) is 0. The summed E-state index contributed by atoms with van der Waals surface area (Å²) in [5.41, 5.74) is -2.94. The molecule has 0 amide bonds. The second-order valence-corrected chi connectivity index (χ2v) is 4.01. The topological polar surface area (TPSA) is 50.2 Å². The number of rotatable bonds is 3. The van der Waals surface area contributed by atoms with E-state index >= 15 is 0 Å². The van der Waals surface area contributed by atoms with Gasteiger partial charge >= 0.3 is 12.1 Å². The van der Waals surface area contributed by atoms with E-state index in [0.717, 1.165) is 0 Å². The minimum atomic E-state index is -4.81. The summed E-state index contributed by atoms with van der Waals surface area (Å²) in [5.74, 6) is -1.53. The molecule has 0 aliphatic rings. The normalized spacial score (nSPS) is 11.9. The molecule has 1 aromatic rings. The van der Waals surface area contributed by atoms with Gasteiger partial charge in [-0.3, -0.25) is 9.78 Å². The fourth-order valence-electron chi connectivity index (χ4n) is 1.25. The molecule has 1 rings (SSSR count). The first kappa shape index (κ1) is 14.8. The molecule has 0 radical (unpaired) electrons. The van der Waals surface area contributed by atoms with E-state index < -0.39 is 46.3 Å². The molecule has 1 N–H and O–H groups in total. The maximum Gasteiger partial charge on any atom is 0.418 e. The van der Waals surface area contributed by atoms with Crippen LogP contribution in [0.4, 0.5) is 22.0 Å². The van der Waals surface area contributed by atoms with Gasteiger partial charge in [0.15, 0.2) is 0 Å². The van der Waals surface area contributed by atoms with Gasteiger partial charge in [0.05, 0.1) is 12.0 Å². The zero-order chi connectivity index (χ0) is 14.1. The first-order valence-electron chi connectivity index (χ1n) is 4.39. The molecule has 0 aliphatic heterocycles. The third-order valence-electron chi connectivity index (χ3n) is 1.98. The van der Waals surface area contributed by atoms with Crippen molar-refractivity contribution in [1.29, 1.82) is 0 Å². The molecule has 9 heteroatoms. The highest BCUT2D eigenvalue weighted by atomic mass is 79.9. The third kappa shape index (κ3) is 3.15. The Labute approximate surface area is 106 Å².